The van der Waals surface area contributed by atoms with Crippen molar-refractivity contribution in [2.24, 2.45) is 0 Å². The number of hydrogen-bond acceptors (Lipinski definition) is 5. The predicted octanol–water partition coefficient (Wildman–Crippen LogP) is 3.40. The molecule has 0 aliphatic carbocycles. The summed E-state index contributed by atoms with van der Waals surface area (Å²) in [5.74, 6) is 0.465. The Hall–Kier alpha value is -3.58. The Morgan fingerprint density at radius 2 is 1.80 bits per heavy atom. The van der Waals surface area contributed by atoms with Gasteiger partial charge in [-0.1, -0.05) is 12.1 Å². The van der Waals surface area contributed by atoms with Crippen LogP contribution in [0, 0.1) is 0 Å². The number of carbonyl (C=O) groups is 2. The van der Waals surface area contributed by atoms with Crippen LogP contribution in [0.25, 0.3) is 0 Å². The maximum absolute atomic E-state index is 12.4. The normalized spacial score (nSPS) is 10.6. The number of furan rings is 1. The number of ether oxygens (including phenoxy) is 1. The molecule has 7 heteroatoms. The number of anilines is 1. The number of nitrogens with zero attached hydrogens (tertiary/aromatic N) is 1. The van der Waals surface area contributed by atoms with Gasteiger partial charge in [-0.05, 0) is 68.2 Å². The van der Waals surface area contributed by atoms with Crippen LogP contribution in [-0.4, -0.2) is 44.0 Å². The lowest BCUT2D eigenvalue weighted by molar-refractivity contribution is 0.0950. The molecule has 3 rings (SSSR count). The molecule has 2 N–H and O–H groups in total. The fraction of sp³-hybridized carbons (Fsp3) is 0.217. The standard InChI is InChI=1S/C23H25N3O4/c1-26(2)12-14-29-20-6-3-5-17(15-20)16-24-22(27)18-8-10-19(11-9-18)25-23(28)21-7-4-13-30-21/h3-11,13,15H,12,14,16H2,1-2H3,(H,24,27)(H,25,28). The van der Waals surface area contributed by atoms with Crippen LogP contribution in [0.2, 0.25) is 0 Å². The first-order chi connectivity index (χ1) is 14.5. The largest absolute Gasteiger partial charge is 0.492 e. The molecule has 1 aromatic heterocycles. The van der Waals surface area contributed by atoms with Crippen molar-refractivity contribution in [1.82, 2.24) is 10.2 Å². The molecule has 0 saturated carbocycles. The van der Waals surface area contributed by atoms with Gasteiger partial charge in [-0.15, -0.1) is 0 Å². The van der Waals surface area contributed by atoms with Crippen molar-refractivity contribution in [1.29, 1.82) is 0 Å². The van der Waals surface area contributed by atoms with E-state index in [1.54, 1.807) is 36.4 Å². The molecule has 0 fully saturated rings. The summed E-state index contributed by atoms with van der Waals surface area (Å²) in [7, 11) is 3.99. The Balaban J connectivity index is 1.50. The molecule has 3 aromatic rings. The van der Waals surface area contributed by atoms with E-state index in [0.717, 1.165) is 17.9 Å². The number of nitrogens with one attached hydrogen (secondary N) is 2. The van der Waals surface area contributed by atoms with Crippen molar-refractivity contribution in [2.75, 3.05) is 32.6 Å². The lowest BCUT2D eigenvalue weighted by atomic mass is 10.1. The summed E-state index contributed by atoms with van der Waals surface area (Å²) in [5, 5.41) is 5.61. The summed E-state index contributed by atoms with van der Waals surface area (Å²) in [5.41, 5.74) is 2.04. The van der Waals surface area contributed by atoms with Crippen molar-refractivity contribution in [3.8, 4) is 5.75 Å². The Labute approximate surface area is 175 Å². The maximum Gasteiger partial charge on any atom is 0.291 e. The van der Waals surface area contributed by atoms with Crippen LogP contribution in [-0.2, 0) is 6.54 Å². The van der Waals surface area contributed by atoms with Crippen LogP contribution in [0.4, 0.5) is 5.69 Å². The van der Waals surface area contributed by atoms with E-state index >= 15 is 0 Å². The van der Waals surface area contributed by atoms with Crippen LogP contribution in [0.15, 0.2) is 71.3 Å². The van der Waals surface area contributed by atoms with E-state index in [-0.39, 0.29) is 17.6 Å². The van der Waals surface area contributed by atoms with Gasteiger partial charge in [0, 0.05) is 24.3 Å². The average molecular weight is 407 g/mol. The van der Waals surface area contributed by atoms with Gasteiger partial charge in [0.2, 0.25) is 0 Å². The van der Waals surface area contributed by atoms with Gasteiger partial charge in [0.25, 0.3) is 11.8 Å². The SMILES string of the molecule is CN(C)CCOc1cccc(CNC(=O)c2ccc(NC(=O)c3ccco3)cc2)c1. The molecule has 0 aliphatic heterocycles. The molecule has 7 nitrogen and oxygen atoms in total. The van der Waals surface area contributed by atoms with E-state index in [4.69, 9.17) is 9.15 Å². The summed E-state index contributed by atoms with van der Waals surface area (Å²) in [6.45, 7) is 1.82. The van der Waals surface area contributed by atoms with Gasteiger partial charge in [0.05, 0.1) is 6.26 Å². The molecule has 156 valence electrons. The summed E-state index contributed by atoms with van der Waals surface area (Å²) in [4.78, 5) is 26.5. The quantitative estimate of drug-likeness (QED) is 0.568. The number of likely N-dealkylation sites (N-methyl/N-ethyl adjacent to an activating group) is 1. The first kappa shape index (κ1) is 21.1. The molecular weight excluding hydrogens is 382 g/mol. The van der Waals surface area contributed by atoms with Gasteiger partial charge < -0.3 is 24.7 Å². The van der Waals surface area contributed by atoms with Crippen LogP contribution in [0.1, 0.15) is 26.5 Å². The van der Waals surface area contributed by atoms with E-state index in [2.05, 4.69) is 15.5 Å². The number of rotatable bonds is 9. The van der Waals surface area contributed by atoms with E-state index in [0.29, 0.717) is 24.4 Å². The second-order valence-electron chi connectivity index (χ2n) is 6.99. The first-order valence-electron chi connectivity index (χ1n) is 9.61. The monoisotopic (exact) mass is 407 g/mol. The summed E-state index contributed by atoms with van der Waals surface area (Å²) < 4.78 is 10.8. The Morgan fingerprint density at radius 1 is 1.00 bits per heavy atom. The minimum Gasteiger partial charge on any atom is -0.492 e. The number of benzene rings is 2. The third-order valence-corrected chi connectivity index (χ3v) is 4.31. The lowest BCUT2D eigenvalue weighted by Crippen LogP contribution is -2.23. The highest BCUT2D eigenvalue weighted by molar-refractivity contribution is 6.02. The molecular formula is C23H25N3O4. The molecule has 0 radical (unpaired) electrons. The van der Waals surface area contributed by atoms with Gasteiger partial charge in [0.1, 0.15) is 12.4 Å². The van der Waals surface area contributed by atoms with Crippen molar-refractivity contribution >= 4 is 17.5 Å². The van der Waals surface area contributed by atoms with Gasteiger partial charge in [-0.25, -0.2) is 0 Å². The molecule has 0 bridgehead atoms. The maximum atomic E-state index is 12.4. The first-order valence-corrected chi connectivity index (χ1v) is 9.61. The third kappa shape index (κ3) is 6.22. The van der Waals surface area contributed by atoms with Crippen molar-refractivity contribution in [3.63, 3.8) is 0 Å². The van der Waals surface area contributed by atoms with E-state index < -0.39 is 0 Å². The van der Waals surface area contributed by atoms with Crippen molar-refractivity contribution in [3.05, 3.63) is 83.8 Å². The molecule has 0 unspecified atom stereocenters. The molecule has 0 spiro atoms. The Bertz CT molecular complexity index is 966. The smallest absolute Gasteiger partial charge is 0.291 e. The molecule has 2 amide bonds. The molecule has 0 aliphatic rings. The van der Waals surface area contributed by atoms with Gasteiger partial charge in [-0.3, -0.25) is 9.59 Å². The third-order valence-electron chi connectivity index (χ3n) is 4.31. The average Bonchev–Trinajstić information content (AvgIpc) is 3.28. The molecule has 0 atom stereocenters. The topological polar surface area (TPSA) is 83.8 Å². The summed E-state index contributed by atoms with van der Waals surface area (Å²) >= 11 is 0. The zero-order valence-electron chi connectivity index (χ0n) is 17.1. The minimum atomic E-state index is -0.343. The predicted molar refractivity (Wildman–Crippen MR) is 115 cm³/mol. The zero-order chi connectivity index (χ0) is 21.3. The van der Waals surface area contributed by atoms with Crippen molar-refractivity contribution in [2.45, 2.75) is 6.54 Å². The molecule has 30 heavy (non-hydrogen) atoms. The molecule has 1 heterocycles. The van der Waals surface area contributed by atoms with Gasteiger partial charge in [-0.2, -0.15) is 0 Å². The van der Waals surface area contributed by atoms with Crippen molar-refractivity contribution < 1.29 is 18.7 Å². The fourth-order valence-electron chi connectivity index (χ4n) is 2.68. The van der Waals surface area contributed by atoms with Crippen LogP contribution < -0.4 is 15.4 Å². The molecule has 2 aromatic carbocycles. The van der Waals surface area contributed by atoms with Crippen LogP contribution in [0.5, 0.6) is 5.75 Å². The van der Waals surface area contributed by atoms with Crippen LogP contribution in [0.3, 0.4) is 0 Å². The van der Waals surface area contributed by atoms with E-state index in [9.17, 15) is 9.59 Å². The van der Waals surface area contributed by atoms with Gasteiger partial charge in [0.15, 0.2) is 5.76 Å². The number of carbonyl (C=O) groups excluding carboxylic acids is 2. The molecule has 0 saturated heterocycles. The minimum absolute atomic E-state index is 0.196. The second kappa shape index (κ2) is 10.3. The highest BCUT2D eigenvalue weighted by Gasteiger charge is 2.10. The zero-order valence-corrected chi connectivity index (χ0v) is 17.1. The van der Waals surface area contributed by atoms with Gasteiger partial charge >= 0.3 is 0 Å². The lowest BCUT2D eigenvalue weighted by Gasteiger charge is -2.12. The van der Waals surface area contributed by atoms with E-state index in [1.807, 2.05) is 38.4 Å². The summed E-state index contributed by atoms with van der Waals surface area (Å²) in [6.07, 6.45) is 1.44. The summed E-state index contributed by atoms with van der Waals surface area (Å²) in [6, 6.07) is 17.6. The van der Waals surface area contributed by atoms with Crippen LogP contribution >= 0.6 is 0 Å². The second-order valence-corrected chi connectivity index (χ2v) is 6.99. The Kier molecular flexibility index (Phi) is 7.24. The number of hydrogen-bond donors (Lipinski definition) is 2. The fourth-order valence-corrected chi connectivity index (χ4v) is 2.68. The highest BCUT2D eigenvalue weighted by Crippen LogP contribution is 2.14. The number of amides is 2. The highest BCUT2D eigenvalue weighted by atomic mass is 16.5. The van der Waals surface area contributed by atoms with E-state index in [1.165, 1.54) is 6.26 Å². The Morgan fingerprint density at radius 3 is 2.50 bits per heavy atom.